The van der Waals surface area contributed by atoms with E-state index in [2.05, 4.69) is 4.98 Å². The molecule has 0 saturated heterocycles. The quantitative estimate of drug-likeness (QED) is 0.585. The van der Waals surface area contributed by atoms with Crippen molar-refractivity contribution in [3.8, 4) is 0 Å². The van der Waals surface area contributed by atoms with Gasteiger partial charge < -0.3 is 9.47 Å². The Kier molecular flexibility index (Phi) is 4.57. The zero-order chi connectivity index (χ0) is 12.9. The molecule has 0 amide bonds. The zero-order valence-electron chi connectivity index (χ0n) is 10.2. The van der Waals surface area contributed by atoms with E-state index in [0.29, 0.717) is 6.42 Å². The van der Waals surface area contributed by atoms with E-state index in [4.69, 9.17) is 9.47 Å². The molecule has 5 heteroatoms. The molecule has 94 valence electrons. The molecule has 1 heterocycles. The highest BCUT2D eigenvalue weighted by molar-refractivity contribution is 5.89. The Morgan fingerprint density at radius 1 is 1.53 bits per heavy atom. The Hall–Kier alpha value is -1.49. The van der Waals surface area contributed by atoms with Crippen LogP contribution in [0.25, 0.3) is 0 Å². The Balaban J connectivity index is 2.49. The van der Waals surface area contributed by atoms with Gasteiger partial charge in [-0.2, -0.15) is 4.39 Å². The zero-order valence-corrected chi connectivity index (χ0v) is 10.2. The van der Waals surface area contributed by atoms with Crippen LogP contribution < -0.4 is 0 Å². The van der Waals surface area contributed by atoms with Gasteiger partial charge in [-0.3, -0.25) is 0 Å². The largest absolute Gasteiger partial charge is 0.462 e. The number of methoxy groups -OCH3 is 1. The minimum absolute atomic E-state index is 0.150. The number of pyridine rings is 1. The highest BCUT2D eigenvalue weighted by Crippen LogP contribution is 2.13. The fraction of sp³-hybridized carbons (Fsp3) is 0.500. The van der Waals surface area contributed by atoms with E-state index >= 15 is 0 Å². The third-order valence-electron chi connectivity index (χ3n) is 2.47. The topological polar surface area (TPSA) is 48.4 Å². The molecule has 1 aromatic rings. The summed E-state index contributed by atoms with van der Waals surface area (Å²) in [5.41, 5.74) is -0.518. The lowest BCUT2D eigenvalue weighted by molar-refractivity contribution is -0.00577. The summed E-state index contributed by atoms with van der Waals surface area (Å²) in [6.45, 7) is 3.94. The van der Waals surface area contributed by atoms with Crippen LogP contribution in [0.1, 0.15) is 30.6 Å². The second-order valence-electron chi connectivity index (χ2n) is 4.19. The second kappa shape index (κ2) is 5.72. The molecule has 0 bridgehead atoms. The average molecular weight is 241 g/mol. The lowest BCUT2D eigenvalue weighted by Gasteiger charge is -2.22. The van der Waals surface area contributed by atoms with Crippen LogP contribution >= 0.6 is 0 Å². The molecule has 0 unspecified atom stereocenters. The minimum Gasteiger partial charge on any atom is -0.462 e. The summed E-state index contributed by atoms with van der Waals surface area (Å²) in [6, 6.07) is 2.82. The maximum atomic E-state index is 13.1. The van der Waals surface area contributed by atoms with Crippen LogP contribution in [-0.2, 0) is 9.47 Å². The predicted octanol–water partition coefficient (Wildman–Crippen LogP) is 2.19. The van der Waals surface area contributed by atoms with Gasteiger partial charge in [-0.05, 0) is 26.0 Å². The third kappa shape index (κ3) is 4.11. The van der Waals surface area contributed by atoms with Crippen molar-refractivity contribution in [2.24, 2.45) is 0 Å². The van der Waals surface area contributed by atoms with Gasteiger partial charge in [0.15, 0.2) is 0 Å². The number of aromatic nitrogens is 1. The number of nitrogens with zero attached hydrogens (tertiary/aromatic N) is 1. The van der Waals surface area contributed by atoms with Crippen molar-refractivity contribution in [2.75, 3.05) is 13.7 Å². The first-order chi connectivity index (χ1) is 7.96. The number of esters is 1. The van der Waals surface area contributed by atoms with E-state index < -0.39 is 11.9 Å². The summed E-state index contributed by atoms with van der Waals surface area (Å²) in [5.74, 6) is -1.52. The highest BCUT2D eigenvalue weighted by Gasteiger charge is 2.18. The lowest BCUT2D eigenvalue weighted by Crippen LogP contribution is -2.25. The summed E-state index contributed by atoms with van der Waals surface area (Å²) in [6.07, 6.45) is 1.82. The van der Waals surface area contributed by atoms with Gasteiger partial charge in [-0.25, -0.2) is 9.78 Å². The smallest absolute Gasteiger partial charge is 0.342 e. The number of hydrogen-bond acceptors (Lipinski definition) is 4. The predicted molar refractivity (Wildman–Crippen MR) is 60.2 cm³/mol. The van der Waals surface area contributed by atoms with Gasteiger partial charge >= 0.3 is 5.97 Å². The van der Waals surface area contributed by atoms with Crippen molar-refractivity contribution in [2.45, 2.75) is 25.9 Å². The maximum absolute atomic E-state index is 13.1. The number of halogens is 1. The monoisotopic (exact) mass is 241 g/mol. The molecule has 0 fully saturated rings. The van der Waals surface area contributed by atoms with Crippen molar-refractivity contribution in [1.82, 2.24) is 4.98 Å². The Bertz CT molecular complexity index is 393. The van der Waals surface area contributed by atoms with Gasteiger partial charge in [0, 0.05) is 19.7 Å². The van der Waals surface area contributed by atoms with Crippen molar-refractivity contribution < 1.29 is 18.7 Å². The van der Waals surface area contributed by atoms with E-state index in [-0.39, 0.29) is 17.8 Å². The first kappa shape index (κ1) is 13.6. The molecule has 1 aromatic heterocycles. The van der Waals surface area contributed by atoms with Crippen LogP contribution in [-0.4, -0.2) is 30.3 Å². The first-order valence-electron chi connectivity index (χ1n) is 5.29. The number of hydrogen-bond donors (Lipinski definition) is 0. The average Bonchev–Trinajstić information content (AvgIpc) is 2.29. The van der Waals surface area contributed by atoms with Crippen LogP contribution in [0.2, 0.25) is 0 Å². The van der Waals surface area contributed by atoms with Gasteiger partial charge in [0.1, 0.15) is 5.56 Å². The fourth-order valence-corrected chi connectivity index (χ4v) is 1.11. The summed E-state index contributed by atoms with van der Waals surface area (Å²) >= 11 is 0. The maximum Gasteiger partial charge on any atom is 0.342 e. The molecular formula is C12H16FNO3. The van der Waals surface area contributed by atoms with E-state index in [9.17, 15) is 9.18 Å². The van der Waals surface area contributed by atoms with Gasteiger partial charge in [0.25, 0.3) is 0 Å². The molecule has 0 aliphatic rings. The van der Waals surface area contributed by atoms with Gasteiger partial charge in [0.2, 0.25) is 5.95 Å². The SMILES string of the molecule is COC(C)(C)CCOC(=O)c1cccnc1F. The van der Waals surface area contributed by atoms with Crippen LogP contribution in [0, 0.1) is 5.95 Å². The lowest BCUT2D eigenvalue weighted by atomic mass is 10.1. The standard InChI is InChI=1S/C12H16FNO3/c1-12(2,16-3)6-8-17-11(15)9-5-4-7-14-10(9)13/h4-5,7H,6,8H2,1-3H3. The molecule has 0 aromatic carbocycles. The molecule has 4 nitrogen and oxygen atoms in total. The normalized spacial score (nSPS) is 11.3. The fourth-order valence-electron chi connectivity index (χ4n) is 1.11. The van der Waals surface area contributed by atoms with Gasteiger partial charge in [-0.15, -0.1) is 0 Å². The molecular weight excluding hydrogens is 225 g/mol. The van der Waals surface area contributed by atoms with E-state index in [0.717, 1.165) is 0 Å². The van der Waals surface area contributed by atoms with E-state index in [1.807, 2.05) is 13.8 Å². The van der Waals surface area contributed by atoms with Gasteiger partial charge in [-0.1, -0.05) is 0 Å². The van der Waals surface area contributed by atoms with Gasteiger partial charge in [0.05, 0.1) is 12.2 Å². The highest BCUT2D eigenvalue weighted by atomic mass is 19.1. The number of carbonyl (C=O) groups is 1. The van der Waals surface area contributed by atoms with Crippen LogP contribution in [0.15, 0.2) is 18.3 Å². The second-order valence-corrected chi connectivity index (χ2v) is 4.19. The molecule has 0 aliphatic carbocycles. The Morgan fingerprint density at radius 3 is 2.82 bits per heavy atom. The number of carbonyl (C=O) groups excluding carboxylic acids is 1. The Labute approximate surface area is 99.8 Å². The molecule has 0 atom stereocenters. The molecule has 0 N–H and O–H groups in total. The van der Waals surface area contributed by atoms with Crippen LogP contribution in [0.3, 0.4) is 0 Å². The molecule has 0 radical (unpaired) electrons. The van der Waals surface area contributed by atoms with Crippen LogP contribution in [0.4, 0.5) is 4.39 Å². The van der Waals surface area contributed by atoms with Crippen molar-refractivity contribution >= 4 is 5.97 Å². The third-order valence-corrected chi connectivity index (χ3v) is 2.47. The van der Waals surface area contributed by atoms with E-state index in [1.54, 1.807) is 7.11 Å². The van der Waals surface area contributed by atoms with Crippen molar-refractivity contribution in [1.29, 1.82) is 0 Å². The summed E-state index contributed by atoms with van der Waals surface area (Å²) < 4.78 is 23.2. The van der Waals surface area contributed by atoms with Crippen LogP contribution in [0.5, 0.6) is 0 Å². The first-order valence-corrected chi connectivity index (χ1v) is 5.29. The molecule has 17 heavy (non-hydrogen) atoms. The van der Waals surface area contributed by atoms with Crippen molar-refractivity contribution in [3.63, 3.8) is 0 Å². The van der Waals surface area contributed by atoms with E-state index in [1.165, 1.54) is 18.3 Å². The molecule has 0 saturated carbocycles. The molecule has 0 spiro atoms. The number of ether oxygens (including phenoxy) is 2. The van der Waals surface area contributed by atoms with Crippen molar-refractivity contribution in [3.05, 3.63) is 29.8 Å². The number of rotatable bonds is 5. The summed E-state index contributed by atoms with van der Waals surface area (Å²) in [5, 5.41) is 0. The summed E-state index contributed by atoms with van der Waals surface area (Å²) in [4.78, 5) is 14.9. The molecule has 1 rings (SSSR count). The summed E-state index contributed by atoms with van der Waals surface area (Å²) in [7, 11) is 1.59. The molecule has 0 aliphatic heterocycles. The Morgan fingerprint density at radius 2 is 2.24 bits per heavy atom. The minimum atomic E-state index is -0.816.